The van der Waals surface area contributed by atoms with Gasteiger partial charge in [0.15, 0.2) is 0 Å². The molecule has 2 rings (SSSR count). The van der Waals surface area contributed by atoms with Gasteiger partial charge in [-0.2, -0.15) is 0 Å². The molecule has 4 heteroatoms. The van der Waals surface area contributed by atoms with Crippen molar-refractivity contribution in [3.63, 3.8) is 0 Å². The maximum Gasteiger partial charge on any atom is 0.146 e. The van der Waals surface area contributed by atoms with Crippen LogP contribution in [0, 0.1) is 20.8 Å². The Morgan fingerprint density at radius 3 is 2.26 bits per heavy atom. The number of ether oxygens (including phenoxy) is 1. The van der Waals surface area contributed by atoms with Crippen LogP contribution < -0.4 is 10.5 Å². The predicted octanol–water partition coefficient (Wildman–Crippen LogP) is 3.57. The van der Waals surface area contributed by atoms with Crippen molar-refractivity contribution in [2.24, 2.45) is 5.73 Å². The zero-order chi connectivity index (χ0) is 17.1. The fourth-order valence-corrected chi connectivity index (χ4v) is 2.53. The van der Waals surface area contributed by atoms with E-state index in [9.17, 15) is 9.90 Å². The van der Waals surface area contributed by atoms with Crippen LogP contribution in [0.15, 0.2) is 30.3 Å². The van der Waals surface area contributed by atoms with Gasteiger partial charge in [-0.05, 0) is 74.6 Å². The molecule has 0 heterocycles. The Morgan fingerprint density at radius 2 is 1.74 bits per heavy atom. The number of benzene rings is 2. The second-order valence-corrected chi connectivity index (χ2v) is 6.03. The van der Waals surface area contributed by atoms with E-state index in [-0.39, 0.29) is 11.5 Å². The molecule has 0 unspecified atom stereocenters. The van der Waals surface area contributed by atoms with Crippen LogP contribution >= 0.6 is 0 Å². The highest BCUT2D eigenvalue weighted by atomic mass is 16.5. The molecule has 1 atom stereocenters. The van der Waals surface area contributed by atoms with Crippen LogP contribution in [0.5, 0.6) is 17.2 Å². The molecule has 0 aliphatic rings. The van der Waals surface area contributed by atoms with Crippen molar-refractivity contribution >= 4 is 5.78 Å². The summed E-state index contributed by atoms with van der Waals surface area (Å²) < 4.78 is 5.97. The van der Waals surface area contributed by atoms with E-state index in [1.165, 1.54) is 6.92 Å². The minimum Gasteiger partial charge on any atom is -0.508 e. The summed E-state index contributed by atoms with van der Waals surface area (Å²) in [5.74, 6) is 1.70. The zero-order valence-corrected chi connectivity index (χ0v) is 14.0. The number of ketones is 1. The Bertz CT molecular complexity index is 714. The molecule has 0 radical (unpaired) electrons. The van der Waals surface area contributed by atoms with Gasteiger partial charge < -0.3 is 15.6 Å². The second kappa shape index (κ2) is 6.84. The number of aromatic hydroxyl groups is 1. The number of phenols is 1. The summed E-state index contributed by atoms with van der Waals surface area (Å²) in [5, 5.41) is 9.59. The third-order valence-corrected chi connectivity index (χ3v) is 3.89. The lowest BCUT2D eigenvalue weighted by molar-refractivity contribution is -0.118. The normalized spacial score (nSPS) is 12.0. The summed E-state index contributed by atoms with van der Waals surface area (Å²) in [4.78, 5) is 11.3. The molecule has 3 N–H and O–H groups in total. The molecule has 2 aromatic rings. The predicted molar refractivity (Wildman–Crippen MR) is 91.2 cm³/mol. The molecule has 2 aromatic carbocycles. The number of aryl methyl sites for hydroxylation is 3. The molecule has 0 bridgehead atoms. The average molecular weight is 313 g/mol. The molecule has 23 heavy (non-hydrogen) atoms. The number of Topliss-reactive ketones (excluding diaryl/α,β-unsaturated/α-hetero) is 1. The highest BCUT2D eigenvalue weighted by Gasteiger charge is 2.13. The molecule has 122 valence electrons. The zero-order valence-electron chi connectivity index (χ0n) is 14.0. The molecular weight excluding hydrogens is 290 g/mol. The van der Waals surface area contributed by atoms with Crippen LogP contribution in [-0.2, 0) is 11.2 Å². The van der Waals surface area contributed by atoms with Gasteiger partial charge >= 0.3 is 0 Å². The topological polar surface area (TPSA) is 72.6 Å². The number of hydrogen-bond acceptors (Lipinski definition) is 4. The van der Waals surface area contributed by atoms with Crippen LogP contribution in [-0.4, -0.2) is 16.9 Å². The lowest BCUT2D eigenvalue weighted by Gasteiger charge is -2.15. The van der Waals surface area contributed by atoms with E-state index in [1.54, 1.807) is 18.2 Å². The van der Waals surface area contributed by atoms with Gasteiger partial charge in [0.25, 0.3) is 0 Å². The van der Waals surface area contributed by atoms with Gasteiger partial charge in [0.05, 0.1) is 6.04 Å². The summed E-state index contributed by atoms with van der Waals surface area (Å²) in [6.07, 6.45) is 0.523. The van der Waals surface area contributed by atoms with Gasteiger partial charge in [-0.1, -0.05) is 12.1 Å². The number of hydrogen-bond donors (Lipinski definition) is 2. The molecule has 0 aromatic heterocycles. The van der Waals surface area contributed by atoms with E-state index < -0.39 is 6.04 Å². The number of carbonyl (C=O) groups excluding carboxylic acids is 1. The van der Waals surface area contributed by atoms with Crippen LogP contribution in [0.4, 0.5) is 0 Å². The first-order valence-corrected chi connectivity index (χ1v) is 7.61. The molecule has 0 amide bonds. The maximum atomic E-state index is 11.3. The van der Waals surface area contributed by atoms with Crippen molar-refractivity contribution in [1.82, 2.24) is 0 Å². The first-order chi connectivity index (χ1) is 10.8. The Morgan fingerprint density at radius 1 is 1.13 bits per heavy atom. The minimum absolute atomic E-state index is 0.0137. The summed E-state index contributed by atoms with van der Waals surface area (Å²) in [7, 11) is 0. The molecule has 0 saturated heterocycles. The Hall–Kier alpha value is -2.33. The summed E-state index contributed by atoms with van der Waals surface area (Å²) in [6, 6.07) is 8.68. The molecule has 4 nitrogen and oxygen atoms in total. The van der Waals surface area contributed by atoms with Gasteiger partial charge in [0.2, 0.25) is 0 Å². The van der Waals surface area contributed by atoms with E-state index in [2.05, 4.69) is 0 Å². The summed E-state index contributed by atoms with van der Waals surface area (Å²) in [6.45, 7) is 7.28. The molecule has 0 aliphatic heterocycles. The van der Waals surface area contributed by atoms with Crippen molar-refractivity contribution < 1.29 is 14.6 Å². The van der Waals surface area contributed by atoms with Gasteiger partial charge in [0, 0.05) is 0 Å². The standard InChI is InChI=1S/C19H23NO3/c1-11-9-16(5-6-18(11)22)23-19-12(2)7-15(8-13(19)3)10-17(20)14(4)21/h5-9,17,22H,10,20H2,1-4H3/t17-/m0/s1. The molecule has 0 aliphatic carbocycles. The monoisotopic (exact) mass is 313 g/mol. The average Bonchev–Trinajstić information content (AvgIpc) is 2.46. The quantitative estimate of drug-likeness (QED) is 0.885. The van der Waals surface area contributed by atoms with Crippen molar-refractivity contribution in [3.05, 3.63) is 52.6 Å². The lowest BCUT2D eigenvalue weighted by Crippen LogP contribution is -2.30. The number of rotatable bonds is 5. The van der Waals surface area contributed by atoms with E-state index in [1.807, 2.05) is 32.9 Å². The van der Waals surface area contributed by atoms with E-state index >= 15 is 0 Å². The molecule has 0 saturated carbocycles. The van der Waals surface area contributed by atoms with Gasteiger partial charge in [-0.3, -0.25) is 4.79 Å². The van der Waals surface area contributed by atoms with Gasteiger partial charge in [0.1, 0.15) is 23.0 Å². The van der Waals surface area contributed by atoms with E-state index in [0.29, 0.717) is 12.2 Å². The number of nitrogens with two attached hydrogens (primary N) is 1. The Kier molecular flexibility index (Phi) is 5.06. The molecule has 0 spiro atoms. The van der Waals surface area contributed by atoms with Crippen LogP contribution in [0.3, 0.4) is 0 Å². The number of carbonyl (C=O) groups is 1. The third kappa shape index (κ3) is 4.11. The SMILES string of the molecule is CC(=O)[C@@H](N)Cc1cc(C)c(Oc2ccc(O)c(C)c2)c(C)c1. The van der Waals surface area contributed by atoms with Crippen LogP contribution in [0.1, 0.15) is 29.2 Å². The minimum atomic E-state index is -0.472. The highest BCUT2D eigenvalue weighted by Crippen LogP contribution is 2.32. The van der Waals surface area contributed by atoms with E-state index in [4.69, 9.17) is 10.5 Å². The Labute approximate surface area is 136 Å². The highest BCUT2D eigenvalue weighted by molar-refractivity contribution is 5.81. The lowest BCUT2D eigenvalue weighted by atomic mass is 9.99. The van der Waals surface area contributed by atoms with Crippen molar-refractivity contribution in [1.29, 1.82) is 0 Å². The Balaban J connectivity index is 2.26. The summed E-state index contributed by atoms with van der Waals surface area (Å²) in [5.41, 5.74) is 9.60. The largest absolute Gasteiger partial charge is 0.508 e. The van der Waals surface area contributed by atoms with E-state index in [0.717, 1.165) is 28.0 Å². The van der Waals surface area contributed by atoms with Crippen LogP contribution in [0.25, 0.3) is 0 Å². The van der Waals surface area contributed by atoms with Crippen molar-refractivity contribution in [2.45, 2.75) is 40.2 Å². The second-order valence-electron chi connectivity index (χ2n) is 6.03. The fourth-order valence-electron chi connectivity index (χ4n) is 2.53. The summed E-state index contributed by atoms with van der Waals surface area (Å²) >= 11 is 0. The van der Waals surface area contributed by atoms with Gasteiger partial charge in [-0.25, -0.2) is 0 Å². The first kappa shape index (κ1) is 17.0. The van der Waals surface area contributed by atoms with Gasteiger partial charge in [-0.15, -0.1) is 0 Å². The number of phenolic OH excluding ortho intramolecular Hbond substituents is 1. The maximum absolute atomic E-state index is 11.3. The van der Waals surface area contributed by atoms with Crippen molar-refractivity contribution in [3.8, 4) is 17.2 Å². The van der Waals surface area contributed by atoms with Crippen LogP contribution in [0.2, 0.25) is 0 Å². The smallest absolute Gasteiger partial charge is 0.146 e. The first-order valence-electron chi connectivity index (χ1n) is 7.61. The molecular formula is C19H23NO3. The molecule has 0 fully saturated rings. The fraction of sp³-hybridized carbons (Fsp3) is 0.316. The van der Waals surface area contributed by atoms with Crippen molar-refractivity contribution in [2.75, 3.05) is 0 Å². The third-order valence-electron chi connectivity index (χ3n) is 3.89.